The fourth-order valence-electron chi connectivity index (χ4n) is 8.58. The van der Waals surface area contributed by atoms with Crippen molar-refractivity contribution in [3.63, 3.8) is 0 Å². The van der Waals surface area contributed by atoms with Crippen LogP contribution in [0, 0.1) is 71.0 Å². The molecule has 5 aromatic carbocycles. The maximum Gasteiger partial charge on any atom is 0.176 e. The topological polar surface area (TPSA) is 11.6 Å². The maximum atomic E-state index is 3.43. The van der Waals surface area contributed by atoms with Gasteiger partial charge < -0.3 is 0 Å². The molecule has 0 saturated heterocycles. The first-order valence-electron chi connectivity index (χ1n) is 28.1. The first-order chi connectivity index (χ1) is 40.0. The van der Waals surface area contributed by atoms with Crippen LogP contribution < -0.4 is 13.7 Å². The summed E-state index contributed by atoms with van der Waals surface area (Å²) >= 11 is 10.3. The summed E-state index contributed by atoms with van der Waals surface area (Å²) in [4.78, 5) is 0. The Morgan fingerprint density at radius 3 is 0.716 bits per heavy atom. The summed E-state index contributed by atoms with van der Waals surface area (Å²) in [6, 6.07) is 56.9. The van der Waals surface area contributed by atoms with Crippen LogP contribution in [0.4, 0.5) is 0 Å². The predicted octanol–water partition coefficient (Wildman–Crippen LogP) is 16.3. The normalized spacial score (nSPS) is 9.96. The minimum absolute atomic E-state index is 0.811. The number of aryl methyl sites for hydroxylation is 3. The highest BCUT2D eigenvalue weighted by molar-refractivity contribution is 9.09. The molecule has 3 nitrogen and oxygen atoms in total. The molecule has 0 radical (unpaired) electrons. The quantitative estimate of drug-likeness (QED) is 0.0351. The van der Waals surface area contributed by atoms with Gasteiger partial charge in [0.1, 0.15) is 19.6 Å². The van der Waals surface area contributed by atoms with Crippen LogP contribution in [0.2, 0.25) is 0 Å². The number of alkyl halides is 3. The largest absolute Gasteiger partial charge is 0.204 e. The molecule has 0 saturated carbocycles. The first kappa shape index (κ1) is 61.0. The third kappa shape index (κ3) is 23.2. The minimum atomic E-state index is 0.811. The van der Waals surface area contributed by atoms with E-state index in [1.54, 1.807) is 0 Å². The molecule has 0 aliphatic carbocycles. The predicted molar refractivity (Wildman–Crippen MR) is 347 cm³/mol. The van der Waals surface area contributed by atoms with Crippen LogP contribution in [0.5, 0.6) is 0 Å². The molecular formula is C75H69Br3N3+3. The number of unbranched alkanes of at least 4 members (excludes halogenated alkanes) is 6. The Morgan fingerprint density at radius 2 is 0.481 bits per heavy atom. The third-order valence-electron chi connectivity index (χ3n) is 12.6. The van der Waals surface area contributed by atoms with Gasteiger partial charge in [0.25, 0.3) is 0 Å². The molecule has 0 aliphatic rings. The molecule has 0 unspecified atom stereocenters. The van der Waals surface area contributed by atoms with E-state index < -0.39 is 0 Å². The van der Waals surface area contributed by atoms with E-state index in [4.69, 9.17) is 0 Å². The molecule has 8 aromatic rings. The van der Waals surface area contributed by atoms with Crippen LogP contribution in [-0.4, -0.2) is 16.0 Å². The summed E-state index contributed by atoms with van der Waals surface area (Å²) in [5.74, 6) is 40.0. The number of hydrogen-bond acceptors (Lipinski definition) is 0. The summed E-state index contributed by atoms with van der Waals surface area (Å²) < 4.78 is 6.76. The molecule has 3 aromatic heterocycles. The van der Waals surface area contributed by atoms with Crippen molar-refractivity contribution in [1.29, 1.82) is 0 Å². The fraction of sp³-hybridized carbons (Fsp3) is 0.240. The van der Waals surface area contributed by atoms with Gasteiger partial charge in [0.15, 0.2) is 37.2 Å². The molecule has 0 spiro atoms. The zero-order chi connectivity index (χ0) is 56.2. The smallest absolute Gasteiger partial charge is 0.176 e. The average Bonchev–Trinajstić information content (AvgIpc) is 3.53. The average molecular weight is 1250 g/mol. The van der Waals surface area contributed by atoms with Crippen LogP contribution in [-0.2, 0) is 19.6 Å². The Morgan fingerprint density at radius 1 is 0.259 bits per heavy atom. The lowest BCUT2D eigenvalue weighted by atomic mass is 10.1. The van der Waals surface area contributed by atoms with Gasteiger partial charge in [0, 0.05) is 142 Å². The van der Waals surface area contributed by atoms with E-state index in [9.17, 15) is 0 Å². The molecule has 402 valence electrons. The SMILES string of the molecule is BrCCCC#Cc1cc(C#CCCCBr)cc(C#CCCCBr)c1.C(#Cc1cc(C#CCCC[n+]2cccc(-c3ccccc3)c2)cc(C#CCCC[n+]2cccc(-c3ccccc3)c2)c1)CCC[n+]1cccc(-c2ccccc2)c1. The molecule has 8 rings (SSSR count). The van der Waals surface area contributed by atoms with Crippen LogP contribution in [0.1, 0.15) is 110 Å². The molecule has 0 amide bonds. The van der Waals surface area contributed by atoms with Crippen LogP contribution in [0.3, 0.4) is 0 Å². The number of aromatic nitrogens is 3. The van der Waals surface area contributed by atoms with Gasteiger partial charge in [-0.05, 0) is 90.6 Å². The van der Waals surface area contributed by atoms with Gasteiger partial charge in [-0.15, -0.1) is 0 Å². The van der Waals surface area contributed by atoms with Crippen molar-refractivity contribution in [2.75, 3.05) is 16.0 Å². The molecular weight excluding hydrogens is 1180 g/mol. The number of nitrogens with zero attached hydrogens (tertiary/aromatic N) is 3. The van der Waals surface area contributed by atoms with Crippen molar-refractivity contribution in [2.45, 2.75) is 96.7 Å². The Bertz CT molecular complexity index is 3230. The van der Waals surface area contributed by atoms with Crippen molar-refractivity contribution in [3.8, 4) is 104 Å². The third-order valence-corrected chi connectivity index (χ3v) is 14.3. The van der Waals surface area contributed by atoms with Crippen molar-refractivity contribution in [2.24, 2.45) is 0 Å². The Kier molecular flexibility index (Phi) is 27.5. The van der Waals surface area contributed by atoms with Crippen molar-refractivity contribution in [3.05, 3.63) is 234 Å². The number of rotatable bonds is 18. The molecule has 81 heavy (non-hydrogen) atoms. The maximum absolute atomic E-state index is 3.43. The summed E-state index contributed by atoms with van der Waals surface area (Å²) in [5, 5.41) is 2.97. The lowest BCUT2D eigenvalue weighted by Crippen LogP contribution is -2.32. The number of hydrogen-bond donors (Lipinski definition) is 0. The van der Waals surface area contributed by atoms with Crippen molar-refractivity contribution >= 4 is 47.8 Å². The summed E-state index contributed by atoms with van der Waals surface area (Å²) in [6.07, 6.45) is 24.3. The monoisotopic (exact) mass is 1250 g/mol. The van der Waals surface area contributed by atoms with Crippen LogP contribution >= 0.6 is 47.8 Å². The number of benzene rings is 5. The van der Waals surface area contributed by atoms with E-state index in [1.807, 2.05) is 0 Å². The van der Waals surface area contributed by atoms with Crippen molar-refractivity contribution in [1.82, 2.24) is 0 Å². The van der Waals surface area contributed by atoms with E-state index in [0.717, 1.165) is 146 Å². The lowest BCUT2D eigenvalue weighted by Gasteiger charge is -2.01. The van der Waals surface area contributed by atoms with E-state index in [2.05, 4.69) is 334 Å². The molecule has 0 bridgehead atoms. The lowest BCUT2D eigenvalue weighted by molar-refractivity contribution is -0.696. The molecule has 6 heteroatoms. The first-order valence-corrected chi connectivity index (χ1v) is 31.5. The standard InChI is InChI=1S/C54H48N3.C21H21Br3/c1-10-25-49(26-11-1)52-31-19-37-55(43-52)34-16-4-7-22-46-40-47(23-8-5-17-35-56-38-20-32-53(44-56)50-27-12-2-13-28-50)42-48(41-46)24-9-6-18-36-57-39-21-33-54(45-57)51-29-14-3-15-30-51;22-13-7-1-4-10-19-16-20(11-5-2-8-14-23)18-21(17-19)12-6-3-9-15-24/h1-3,10-15,19-21,25-33,37-45H,4-6,16-18,34-36H2;16-18H,1-3,7-9,13-15H2/q+3;. The zero-order valence-electron chi connectivity index (χ0n) is 46.3. The van der Waals surface area contributed by atoms with Gasteiger partial charge in [0.2, 0.25) is 0 Å². The van der Waals surface area contributed by atoms with Gasteiger partial charge in [-0.2, -0.15) is 0 Å². The van der Waals surface area contributed by atoms with Gasteiger partial charge in [-0.25, -0.2) is 13.7 Å². The number of halogens is 3. The Hall–Kier alpha value is -7.65. The van der Waals surface area contributed by atoms with E-state index in [-0.39, 0.29) is 0 Å². The fourth-order valence-corrected chi connectivity index (χ4v) is 9.42. The summed E-state index contributed by atoms with van der Waals surface area (Å²) in [6.45, 7) is 2.75. The van der Waals surface area contributed by atoms with Gasteiger partial charge in [-0.1, -0.05) is 210 Å². The summed E-state index contributed by atoms with van der Waals surface area (Å²) in [7, 11) is 0. The zero-order valence-corrected chi connectivity index (χ0v) is 51.0. The van der Waals surface area contributed by atoms with Gasteiger partial charge >= 0.3 is 0 Å². The second-order valence-corrected chi connectivity index (χ2v) is 21.6. The van der Waals surface area contributed by atoms with Crippen LogP contribution in [0.25, 0.3) is 33.4 Å². The molecule has 3 heterocycles. The Balaban J connectivity index is 0.000000331. The van der Waals surface area contributed by atoms with Crippen molar-refractivity contribution < 1.29 is 13.7 Å². The highest BCUT2D eigenvalue weighted by Crippen LogP contribution is 2.19. The summed E-state index contributed by atoms with van der Waals surface area (Å²) in [5.41, 5.74) is 13.3. The van der Waals surface area contributed by atoms with Gasteiger partial charge in [-0.3, -0.25) is 0 Å². The highest BCUT2D eigenvalue weighted by atomic mass is 79.9. The van der Waals surface area contributed by atoms with E-state index in [1.165, 1.54) is 33.4 Å². The second-order valence-electron chi connectivity index (χ2n) is 19.2. The molecule has 0 fully saturated rings. The molecule has 0 aliphatic heterocycles. The molecule has 0 atom stereocenters. The Labute approximate surface area is 509 Å². The van der Waals surface area contributed by atoms with Crippen LogP contribution in [0.15, 0.2) is 201 Å². The second kappa shape index (κ2) is 36.6. The number of pyridine rings is 3. The molecule has 0 N–H and O–H groups in total. The highest BCUT2D eigenvalue weighted by Gasteiger charge is 2.08. The minimum Gasteiger partial charge on any atom is -0.204 e. The van der Waals surface area contributed by atoms with E-state index >= 15 is 0 Å². The van der Waals surface area contributed by atoms with E-state index in [0.29, 0.717) is 0 Å². The van der Waals surface area contributed by atoms with Gasteiger partial charge in [0.05, 0.1) is 0 Å².